The molecule has 5 nitrogen and oxygen atoms in total. The van der Waals surface area contributed by atoms with Crippen molar-refractivity contribution >= 4 is 16.8 Å². The van der Waals surface area contributed by atoms with Crippen LogP contribution in [0, 0.1) is 12.8 Å². The van der Waals surface area contributed by atoms with E-state index < -0.39 is 0 Å². The lowest BCUT2D eigenvalue weighted by Gasteiger charge is -2.15. The third-order valence-electron chi connectivity index (χ3n) is 5.17. The van der Waals surface area contributed by atoms with Gasteiger partial charge in [-0.1, -0.05) is 18.2 Å². The Morgan fingerprint density at radius 1 is 1.35 bits per heavy atom. The number of hydrogen-bond donors (Lipinski definition) is 2. The van der Waals surface area contributed by atoms with Crippen molar-refractivity contribution in [3.63, 3.8) is 0 Å². The number of benzene rings is 1. The summed E-state index contributed by atoms with van der Waals surface area (Å²) in [5.41, 5.74) is 4.08. The summed E-state index contributed by atoms with van der Waals surface area (Å²) < 4.78 is 0. The lowest BCUT2D eigenvalue weighted by molar-refractivity contribution is 0.0946. The number of fused-ring (bicyclic) bond motifs is 1. The van der Waals surface area contributed by atoms with Crippen LogP contribution >= 0.6 is 0 Å². The largest absolute Gasteiger partial charge is 0.357 e. The predicted octanol–water partition coefficient (Wildman–Crippen LogP) is 3.12. The number of hydrogen-bond acceptors (Lipinski definition) is 3. The van der Waals surface area contributed by atoms with Crippen LogP contribution < -0.4 is 5.32 Å². The number of likely N-dealkylation sites (tertiary alicyclic amines) is 1. The maximum absolute atomic E-state index is 12.3. The molecule has 1 aliphatic rings. The van der Waals surface area contributed by atoms with Crippen LogP contribution in [0.25, 0.3) is 10.9 Å². The molecular weight excluding hydrogens is 324 g/mol. The number of carbonyl (C=O) groups is 1. The van der Waals surface area contributed by atoms with Gasteiger partial charge in [-0.2, -0.15) is 0 Å². The summed E-state index contributed by atoms with van der Waals surface area (Å²) in [5.74, 6) is 0.504. The average Bonchev–Trinajstić information content (AvgIpc) is 3.26. The summed E-state index contributed by atoms with van der Waals surface area (Å²) in [5, 5.41) is 4.35. The highest BCUT2D eigenvalue weighted by molar-refractivity contribution is 5.95. The van der Waals surface area contributed by atoms with E-state index in [1.165, 1.54) is 16.6 Å². The van der Waals surface area contributed by atoms with Gasteiger partial charge in [0.25, 0.3) is 5.91 Å². The first-order valence-electron chi connectivity index (χ1n) is 9.17. The van der Waals surface area contributed by atoms with Crippen LogP contribution in [0.2, 0.25) is 0 Å². The first-order chi connectivity index (χ1) is 12.7. The highest BCUT2D eigenvalue weighted by Crippen LogP contribution is 2.21. The minimum atomic E-state index is -0.000956. The van der Waals surface area contributed by atoms with Gasteiger partial charge in [0, 0.05) is 48.8 Å². The van der Waals surface area contributed by atoms with E-state index >= 15 is 0 Å². The van der Waals surface area contributed by atoms with Crippen molar-refractivity contribution in [2.45, 2.75) is 19.9 Å². The summed E-state index contributed by atoms with van der Waals surface area (Å²) in [4.78, 5) is 22.3. The number of H-pyrrole nitrogens is 1. The molecule has 134 valence electrons. The number of pyridine rings is 1. The molecule has 26 heavy (non-hydrogen) atoms. The van der Waals surface area contributed by atoms with Crippen molar-refractivity contribution in [1.29, 1.82) is 0 Å². The predicted molar refractivity (Wildman–Crippen MR) is 103 cm³/mol. The number of rotatable bonds is 5. The zero-order chi connectivity index (χ0) is 17.9. The molecular formula is C21H24N4O. The second-order valence-electron chi connectivity index (χ2n) is 7.17. The smallest absolute Gasteiger partial charge is 0.251 e. The Morgan fingerprint density at radius 2 is 2.23 bits per heavy atom. The third-order valence-corrected chi connectivity index (χ3v) is 5.17. The van der Waals surface area contributed by atoms with Gasteiger partial charge < -0.3 is 10.3 Å². The number of aryl methyl sites for hydroxylation is 1. The molecule has 1 atom stereocenters. The van der Waals surface area contributed by atoms with Crippen LogP contribution in [0.3, 0.4) is 0 Å². The molecule has 1 aliphatic heterocycles. The van der Waals surface area contributed by atoms with Gasteiger partial charge in [0.1, 0.15) is 0 Å². The molecule has 2 aromatic heterocycles. The fraction of sp³-hybridized carbons (Fsp3) is 0.333. The molecule has 0 bridgehead atoms. The first-order valence-corrected chi connectivity index (χ1v) is 9.17. The van der Waals surface area contributed by atoms with E-state index in [1.54, 1.807) is 18.5 Å². The first kappa shape index (κ1) is 16.8. The van der Waals surface area contributed by atoms with Gasteiger partial charge in [0.05, 0.1) is 0 Å². The minimum Gasteiger partial charge on any atom is -0.357 e. The van der Waals surface area contributed by atoms with Crippen molar-refractivity contribution in [2.24, 2.45) is 5.92 Å². The maximum Gasteiger partial charge on any atom is 0.251 e. The Balaban J connectivity index is 1.30. The molecule has 3 heterocycles. The topological polar surface area (TPSA) is 61.0 Å². The molecule has 1 aromatic carbocycles. The van der Waals surface area contributed by atoms with Crippen molar-refractivity contribution in [3.05, 3.63) is 65.6 Å². The van der Waals surface area contributed by atoms with Gasteiger partial charge in [-0.15, -0.1) is 0 Å². The number of carbonyl (C=O) groups excluding carboxylic acids is 1. The SMILES string of the molecule is Cc1cnccc1C(=O)NC[C@H]1CCN(Cc2cc3ccccc3[nH]2)C1. The molecule has 0 unspecified atom stereocenters. The van der Waals surface area contributed by atoms with Crippen molar-refractivity contribution in [2.75, 3.05) is 19.6 Å². The molecule has 2 N–H and O–H groups in total. The molecule has 3 aromatic rings. The summed E-state index contributed by atoms with van der Waals surface area (Å²) in [6, 6.07) is 12.4. The number of nitrogens with one attached hydrogen (secondary N) is 2. The summed E-state index contributed by atoms with van der Waals surface area (Å²) in [6.07, 6.45) is 4.52. The Bertz CT molecular complexity index is 884. The van der Waals surface area contributed by atoms with Gasteiger partial charge in [-0.05, 0) is 55.0 Å². The van der Waals surface area contributed by atoms with E-state index in [-0.39, 0.29) is 5.91 Å². The van der Waals surface area contributed by atoms with Gasteiger partial charge in [0.2, 0.25) is 0 Å². The molecule has 1 amide bonds. The minimum absolute atomic E-state index is 0.000956. The number of amides is 1. The second kappa shape index (κ2) is 7.30. The Hall–Kier alpha value is -2.66. The van der Waals surface area contributed by atoms with Crippen molar-refractivity contribution < 1.29 is 4.79 Å². The number of nitrogens with zero attached hydrogens (tertiary/aromatic N) is 2. The zero-order valence-electron chi connectivity index (χ0n) is 15.0. The molecule has 1 saturated heterocycles. The Labute approximate surface area is 153 Å². The maximum atomic E-state index is 12.3. The van der Waals surface area contributed by atoms with E-state index in [4.69, 9.17) is 0 Å². The fourth-order valence-corrected chi connectivity index (χ4v) is 3.74. The van der Waals surface area contributed by atoms with E-state index in [2.05, 4.69) is 50.5 Å². The Kier molecular flexibility index (Phi) is 4.71. The van der Waals surface area contributed by atoms with E-state index in [0.717, 1.165) is 38.2 Å². The number of para-hydroxylation sites is 1. The molecule has 0 aliphatic carbocycles. The average molecular weight is 348 g/mol. The molecule has 0 spiro atoms. The van der Waals surface area contributed by atoms with Crippen LogP contribution in [0.15, 0.2) is 48.8 Å². The molecule has 4 rings (SSSR count). The number of aromatic amines is 1. The molecule has 0 radical (unpaired) electrons. The molecule has 1 fully saturated rings. The normalized spacial score (nSPS) is 17.7. The third kappa shape index (κ3) is 3.63. The molecule has 5 heteroatoms. The van der Waals surface area contributed by atoms with E-state index in [1.807, 2.05) is 6.92 Å². The highest BCUT2D eigenvalue weighted by atomic mass is 16.1. The lowest BCUT2D eigenvalue weighted by atomic mass is 10.1. The lowest BCUT2D eigenvalue weighted by Crippen LogP contribution is -2.31. The van der Waals surface area contributed by atoms with Crippen molar-refractivity contribution in [1.82, 2.24) is 20.2 Å². The van der Waals surface area contributed by atoms with Gasteiger partial charge in [-0.25, -0.2) is 0 Å². The zero-order valence-corrected chi connectivity index (χ0v) is 15.0. The van der Waals surface area contributed by atoms with Gasteiger partial charge >= 0.3 is 0 Å². The quantitative estimate of drug-likeness (QED) is 0.745. The van der Waals surface area contributed by atoms with Crippen molar-refractivity contribution in [3.8, 4) is 0 Å². The number of aromatic nitrogens is 2. The summed E-state index contributed by atoms with van der Waals surface area (Å²) >= 11 is 0. The van der Waals surface area contributed by atoms with Gasteiger partial charge in [-0.3, -0.25) is 14.7 Å². The van der Waals surface area contributed by atoms with Crippen LogP contribution in [0.1, 0.15) is 28.0 Å². The standard InChI is InChI=1S/C21H24N4O/c1-15-11-22-8-6-19(15)21(26)23-12-16-7-9-25(13-16)14-18-10-17-4-2-3-5-20(17)24-18/h2-6,8,10-11,16,24H,7,9,12-14H2,1H3,(H,23,26)/t16-/m1/s1. The second-order valence-corrected chi connectivity index (χ2v) is 7.17. The van der Waals surface area contributed by atoms with Crippen LogP contribution in [0.4, 0.5) is 0 Å². The fourth-order valence-electron chi connectivity index (χ4n) is 3.74. The van der Waals surface area contributed by atoms with Crippen LogP contribution in [0.5, 0.6) is 0 Å². The Morgan fingerprint density at radius 3 is 3.08 bits per heavy atom. The highest BCUT2D eigenvalue weighted by Gasteiger charge is 2.23. The van der Waals surface area contributed by atoms with E-state index in [0.29, 0.717) is 11.5 Å². The monoisotopic (exact) mass is 348 g/mol. The molecule has 0 saturated carbocycles. The summed E-state index contributed by atoms with van der Waals surface area (Å²) in [6.45, 7) is 5.67. The summed E-state index contributed by atoms with van der Waals surface area (Å²) in [7, 11) is 0. The van der Waals surface area contributed by atoms with E-state index in [9.17, 15) is 4.79 Å². The van der Waals surface area contributed by atoms with Crippen LogP contribution in [-0.2, 0) is 6.54 Å². The van der Waals surface area contributed by atoms with Gasteiger partial charge in [0.15, 0.2) is 0 Å². The van der Waals surface area contributed by atoms with Crippen LogP contribution in [-0.4, -0.2) is 40.4 Å².